The number of amides is 1. The summed E-state index contributed by atoms with van der Waals surface area (Å²) >= 11 is 0. The van der Waals surface area contributed by atoms with Crippen LogP contribution in [0.5, 0.6) is 5.88 Å². The van der Waals surface area contributed by atoms with Crippen LogP contribution >= 0.6 is 0 Å². The van der Waals surface area contributed by atoms with Gasteiger partial charge in [-0.3, -0.25) is 4.79 Å². The van der Waals surface area contributed by atoms with E-state index >= 15 is 0 Å². The summed E-state index contributed by atoms with van der Waals surface area (Å²) in [5.74, 6) is -2.23. The minimum Gasteiger partial charge on any atom is -0.480 e. The molecule has 10 heteroatoms. The number of nitrogens with zero attached hydrogens (tertiary/aromatic N) is 2. The Kier molecular flexibility index (Phi) is 5.04. The molecule has 7 nitrogen and oxygen atoms in total. The third-order valence-corrected chi connectivity index (χ3v) is 3.04. The number of carboxylic acid groups (broad SMARTS) is 1. The van der Waals surface area contributed by atoms with Crippen molar-refractivity contribution >= 4 is 11.9 Å². The molecule has 1 N–H and O–H groups in total. The lowest BCUT2D eigenvalue weighted by Gasteiger charge is -2.32. The zero-order valence-electron chi connectivity index (χ0n) is 11.7. The van der Waals surface area contributed by atoms with Gasteiger partial charge in [0.15, 0.2) is 12.6 Å². The molecule has 1 aromatic heterocycles. The molecule has 1 aliphatic heterocycles. The van der Waals surface area contributed by atoms with Crippen LogP contribution in [0, 0.1) is 0 Å². The Morgan fingerprint density at radius 3 is 2.87 bits per heavy atom. The molecular weight excluding hydrogens is 321 g/mol. The van der Waals surface area contributed by atoms with E-state index in [4.69, 9.17) is 9.84 Å². The topological polar surface area (TPSA) is 89.0 Å². The highest BCUT2D eigenvalue weighted by Crippen LogP contribution is 2.19. The molecule has 0 aliphatic carbocycles. The van der Waals surface area contributed by atoms with Gasteiger partial charge in [-0.05, 0) is 6.07 Å². The quantitative estimate of drug-likeness (QED) is 0.882. The standard InChI is InChI=1S/C13H13F3N2O5/c14-13(15,16)7-23-10-5-8(1-2-17-10)11(19)18-3-4-22-6-9(18)12(20)21/h1-2,5,9H,3-4,6-7H2,(H,20,21)/t9-/m0/s1. The van der Waals surface area contributed by atoms with E-state index in [9.17, 15) is 22.8 Å². The second-order valence-corrected chi connectivity index (χ2v) is 4.71. The zero-order chi connectivity index (χ0) is 17.0. The number of aromatic nitrogens is 1. The average Bonchev–Trinajstić information content (AvgIpc) is 2.52. The predicted octanol–water partition coefficient (Wildman–Crippen LogP) is 0.948. The largest absolute Gasteiger partial charge is 0.480 e. The summed E-state index contributed by atoms with van der Waals surface area (Å²) in [6.45, 7) is -1.44. The van der Waals surface area contributed by atoms with Crippen molar-refractivity contribution in [2.75, 3.05) is 26.4 Å². The van der Waals surface area contributed by atoms with Crippen LogP contribution in [-0.4, -0.2) is 65.5 Å². The lowest BCUT2D eigenvalue weighted by molar-refractivity contribution is -0.154. The molecule has 1 amide bonds. The van der Waals surface area contributed by atoms with Crippen LogP contribution in [0.3, 0.4) is 0 Å². The van der Waals surface area contributed by atoms with E-state index in [-0.39, 0.29) is 31.2 Å². The number of aliphatic carboxylic acids is 1. The first-order valence-electron chi connectivity index (χ1n) is 6.55. The smallest absolute Gasteiger partial charge is 0.422 e. The summed E-state index contributed by atoms with van der Waals surface area (Å²) in [5.41, 5.74) is -0.00896. The lowest BCUT2D eigenvalue weighted by Crippen LogP contribution is -2.52. The van der Waals surface area contributed by atoms with Crippen molar-refractivity contribution in [1.29, 1.82) is 0 Å². The Morgan fingerprint density at radius 1 is 1.48 bits per heavy atom. The number of morpholine rings is 1. The Morgan fingerprint density at radius 2 is 2.22 bits per heavy atom. The van der Waals surface area contributed by atoms with Gasteiger partial charge in [0.05, 0.1) is 13.2 Å². The van der Waals surface area contributed by atoms with Gasteiger partial charge >= 0.3 is 12.1 Å². The van der Waals surface area contributed by atoms with Crippen LogP contribution in [0.25, 0.3) is 0 Å². The molecule has 0 spiro atoms. The summed E-state index contributed by atoms with van der Waals surface area (Å²) in [6, 6.07) is 1.17. The second-order valence-electron chi connectivity index (χ2n) is 4.71. The van der Waals surface area contributed by atoms with Gasteiger partial charge in [-0.2, -0.15) is 13.2 Å². The number of carboxylic acids is 1. The first-order valence-corrected chi connectivity index (χ1v) is 6.55. The number of hydrogen-bond acceptors (Lipinski definition) is 5. The molecule has 0 aromatic carbocycles. The van der Waals surface area contributed by atoms with E-state index < -0.39 is 30.7 Å². The van der Waals surface area contributed by atoms with Crippen LogP contribution in [0.4, 0.5) is 13.2 Å². The van der Waals surface area contributed by atoms with Crippen molar-refractivity contribution in [3.63, 3.8) is 0 Å². The number of ether oxygens (including phenoxy) is 2. The number of carbonyl (C=O) groups is 2. The molecule has 0 unspecified atom stereocenters. The van der Waals surface area contributed by atoms with Gasteiger partial charge in [0, 0.05) is 24.4 Å². The molecule has 126 valence electrons. The van der Waals surface area contributed by atoms with Crippen molar-refractivity contribution in [2.45, 2.75) is 12.2 Å². The average molecular weight is 334 g/mol. The first-order chi connectivity index (χ1) is 10.8. The Balaban J connectivity index is 2.14. The highest BCUT2D eigenvalue weighted by Gasteiger charge is 2.33. The third kappa shape index (κ3) is 4.55. The van der Waals surface area contributed by atoms with E-state index in [0.717, 1.165) is 17.2 Å². The van der Waals surface area contributed by atoms with E-state index in [0.29, 0.717) is 0 Å². The van der Waals surface area contributed by atoms with Gasteiger partial charge in [-0.15, -0.1) is 0 Å². The fraction of sp³-hybridized carbons (Fsp3) is 0.462. The monoisotopic (exact) mass is 334 g/mol. The number of alkyl halides is 3. The Labute approximate surface area is 128 Å². The number of carbonyl (C=O) groups excluding carboxylic acids is 1. The Hall–Kier alpha value is -2.36. The van der Waals surface area contributed by atoms with E-state index in [2.05, 4.69) is 9.72 Å². The molecule has 0 saturated carbocycles. The van der Waals surface area contributed by atoms with Crippen LogP contribution in [0.15, 0.2) is 18.3 Å². The summed E-state index contributed by atoms with van der Waals surface area (Å²) in [7, 11) is 0. The fourth-order valence-corrected chi connectivity index (χ4v) is 1.99. The molecule has 0 bridgehead atoms. The predicted molar refractivity (Wildman–Crippen MR) is 69.1 cm³/mol. The van der Waals surface area contributed by atoms with Gasteiger partial charge in [-0.1, -0.05) is 0 Å². The molecular formula is C13H13F3N2O5. The molecule has 2 heterocycles. The van der Waals surface area contributed by atoms with Crippen molar-refractivity contribution in [1.82, 2.24) is 9.88 Å². The minimum absolute atomic E-state index is 0.00896. The van der Waals surface area contributed by atoms with Crippen molar-refractivity contribution in [2.24, 2.45) is 0 Å². The van der Waals surface area contributed by atoms with Crippen LogP contribution in [-0.2, 0) is 9.53 Å². The number of halogens is 3. The summed E-state index contributed by atoms with van der Waals surface area (Å²) in [6.07, 6.45) is -3.41. The molecule has 1 aromatic rings. The van der Waals surface area contributed by atoms with Gasteiger partial charge in [0.25, 0.3) is 5.91 Å². The molecule has 0 radical (unpaired) electrons. The molecule has 1 atom stereocenters. The van der Waals surface area contributed by atoms with Crippen LogP contribution < -0.4 is 4.74 Å². The number of pyridine rings is 1. The maximum atomic E-state index is 12.4. The fourth-order valence-electron chi connectivity index (χ4n) is 1.99. The maximum absolute atomic E-state index is 12.4. The number of hydrogen-bond donors (Lipinski definition) is 1. The zero-order valence-corrected chi connectivity index (χ0v) is 11.7. The van der Waals surface area contributed by atoms with Gasteiger partial charge in [0.1, 0.15) is 0 Å². The maximum Gasteiger partial charge on any atom is 0.422 e. The van der Waals surface area contributed by atoms with E-state index in [1.807, 2.05) is 0 Å². The SMILES string of the molecule is O=C(O)[C@@H]1COCCN1C(=O)c1ccnc(OCC(F)(F)F)c1. The molecule has 1 aliphatic rings. The summed E-state index contributed by atoms with van der Waals surface area (Å²) in [4.78, 5) is 28.2. The summed E-state index contributed by atoms with van der Waals surface area (Å²) in [5, 5.41) is 9.10. The van der Waals surface area contributed by atoms with Gasteiger partial charge in [0.2, 0.25) is 5.88 Å². The van der Waals surface area contributed by atoms with E-state index in [1.54, 1.807) is 0 Å². The summed E-state index contributed by atoms with van der Waals surface area (Å²) < 4.78 is 45.9. The van der Waals surface area contributed by atoms with Crippen molar-refractivity contribution < 1.29 is 37.3 Å². The number of rotatable bonds is 4. The highest BCUT2D eigenvalue weighted by atomic mass is 19.4. The lowest BCUT2D eigenvalue weighted by atomic mass is 10.1. The van der Waals surface area contributed by atoms with E-state index in [1.165, 1.54) is 6.07 Å². The minimum atomic E-state index is -4.53. The normalized spacial score (nSPS) is 18.6. The Bertz CT molecular complexity index is 593. The highest BCUT2D eigenvalue weighted by molar-refractivity contribution is 5.96. The molecule has 2 rings (SSSR count). The van der Waals surface area contributed by atoms with Crippen LogP contribution in [0.2, 0.25) is 0 Å². The third-order valence-electron chi connectivity index (χ3n) is 3.04. The molecule has 1 saturated heterocycles. The first kappa shape index (κ1) is 17.0. The second kappa shape index (κ2) is 6.82. The van der Waals surface area contributed by atoms with Crippen LogP contribution in [0.1, 0.15) is 10.4 Å². The molecule has 23 heavy (non-hydrogen) atoms. The van der Waals surface area contributed by atoms with Gasteiger partial charge in [-0.25, -0.2) is 9.78 Å². The molecule has 1 fully saturated rings. The van der Waals surface area contributed by atoms with Crippen molar-refractivity contribution in [3.05, 3.63) is 23.9 Å². The van der Waals surface area contributed by atoms with Crippen molar-refractivity contribution in [3.8, 4) is 5.88 Å². The van der Waals surface area contributed by atoms with Gasteiger partial charge < -0.3 is 19.5 Å².